The van der Waals surface area contributed by atoms with Gasteiger partial charge in [-0.3, -0.25) is 4.79 Å². The second-order valence-electron chi connectivity index (χ2n) is 6.83. The van der Waals surface area contributed by atoms with Crippen molar-refractivity contribution in [3.63, 3.8) is 0 Å². The van der Waals surface area contributed by atoms with Gasteiger partial charge in [-0.1, -0.05) is 0 Å². The highest BCUT2D eigenvalue weighted by Crippen LogP contribution is 2.36. The zero-order valence-electron chi connectivity index (χ0n) is 17.4. The molecule has 1 amide bonds. The molecule has 0 spiro atoms. The summed E-state index contributed by atoms with van der Waals surface area (Å²) in [6.07, 6.45) is 2.58. The molecule has 4 rings (SSSR count). The molecule has 1 aliphatic heterocycles. The molecule has 0 aliphatic carbocycles. The number of sulfone groups is 1. The van der Waals surface area contributed by atoms with Gasteiger partial charge in [0.2, 0.25) is 12.7 Å². The molecule has 4 heterocycles. The highest BCUT2D eigenvalue weighted by molar-refractivity contribution is 7.90. The summed E-state index contributed by atoms with van der Waals surface area (Å²) in [4.78, 5) is 24.4. The Hall–Kier alpha value is -3.93. The number of nitrogens with one attached hydrogen (secondary N) is 2. The number of aromatic nitrogens is 3. The van der Waals surface area contributed by atoms with Crippen LogP contribution in [-0.4, -0.2) is 49.4 Å². The van der Waals surface area contributed by atoms with E-state index in [0.717, 1.165) is 6.26 Å². The van der Waals surface area contributed by atoms with Crippen molar-refractivity contribution in [2.75, 3.05) is 30.8 Å². The molecule has 3 aromatic heterocycles. The fraction of sp³-hybridized carbons (Fsp3) is 0.200. The van der Waals surface area contributed by atoms with E-state index in [9.17, 15) is 13.2 Å². The van der Waals surface area contributed by atoms with Crippen molar-refractivity contribution < 1.29 is 27.4 Å². The molecule has 0 radical (unpaired) electrons. The topological polar surface area (TPSA) is 142 Å². The van der Waals surface area contributed by atoms with Gasteiger partial charge in [0.15, 0.2) is 20.6 Å². The maximum Gasteiger partial charge on any atom is 0.260 e. The fourth-order valence-electron chi connectivity index (χ4n) is 2.94. The van der Waals surface area contributed by atoms with Crippen LogP contribution in [-0.2, 0) is 14.6 Å². The van der Waals surface area contributed by atoms with Gasteiger partial charge in [0, 0.05) is 43.1 Å². The Bertz CT molecular complexity index is 1310. The molecule has 0 fully saturated rings. The summed E-state index contributed by atoms with van der Waals surface area (Å²) >= 11 is 0. The summed E-state index contributed by atoms with van der Waals surface area (Å²) in [6.45, 7) is 1.45. The number of hydrogen-bond donors (Lipinski definition) is 2. The zero-order chi connectivity index (χ0) is 22.9. The van der Waals surface area contributed by atoms with Crippen LogP contribution >= 0.6 is 0 Å². The predicted molar refractivity (Wildman–Crippen MR) is 115 cm³/mol. The summed E-state index contributed by atoms with van der Waals surface area (Å²) in [6, 6.07) is 7.92. The molecule has 11 nitrogen and oxygen atoms in total. The molecule has 0 saturated heterocycles. The molecule has 12 heteroatoms. The van der Waals surface area contributed by atoms with Gasteiger partial charge in [-0.25, -0.2) is 23.4 Å². The summed E-state index contributed by atoms with van der Waals surface area (Å²) in [7, 11) is -2.16. The predicted octanol–water partition coefficient (Wildman–Crippen LogP) is 2.38. The first-order valence-corrected chi connectivity index (χ1v) is 11.2. The second-order valence-corrected chi connectivity index (χ2v) is 8.79. The number of nitrogens with zero attached hydrogens (tertiary/aromatic N) is 3. The van der Waals surface area contributed by atoms with Gasteiger partial charge < -0.3 is 24.8 Å². The van der Waals surface area contributed by atoms with Crippen molar-refractivity contribution in [3.8, 4) is 28.6 Å². The molecular formula is C20H19N5O6S. The lowest BCUT2D eigenvalue weighted by Crippen LogP contribution is -2.09. The van der Waals surface area contributed by atoms with E-state index in [1.165, 1.54) is 26.3 Å². The molecule has 0 unspecified atom stereocenters. The van der Waals surface area contributed by atoms with Gasteiger partial charge in [-0.05, 0) is 12.1 Å². The lowest BCUT2D eigenvalue weighted by molar-refractivity contribution is -0.114. The Balaban J connectivity index is 1.80. The standard InChI is InChI=1S/C20H19N5O6S/c1-11(26)22-17-8-15(23-18-6-12(29-2)7-19(25-18)32(3,27)28)13(9-21-17)14-4-5-16-20(24-14)31-10-30-16/h4-9H,10H2,1-3H3,(H2,21,22,23,25,26). The number of methoxy groups -OCH3 is 1. The van der Waals surface area contributed by atoms with E-state index >= 15 is 0 Å². The third kappa shape index (κ3) is 4.54. The number of amides is 1. The number of ether oxygens (including phenoxy) is 3. The first kappa shape index (κ1) is 21.3. The molecule has 32 heavy (non-hydrogen) atoms. The van der Waals surface area contributed by atoms with Crippen LogP contribution in [0.3, 0.4) is 0 Å². The highest BCUT2D eigenvalue weighted by atomic mass is 32.2. The lowest BCUT2D eigenvalue weighted by Gasteiger charge is -2.14. The van der Waals surface area contributed by atoms with Crippen molar-refractivity contribution in [3.05, 3.63) is 36.5 Å². The maximum absolute atomic E-state index is 12.0. The number of anilines is 3. The van der Waals surface area contributed by atoms with Crippen molar-refractivity contribution in [1.82, 2.24) is 15.0 Å². The van der Waals surface area contributed by atoms with Crippen molar-refractivity contribution in [2.24, 2.45) is 0 Å². The minimum absolute atomic E-state index is 0.0820. The van der Waals surface area contributed by atoms with Crippen LogP contribution in [0.1, 0.15) is 6.92 Å². The Kier molecular flexibility index (Phi) is 5.53. The number of fused-ring (bicyclic) bond motifs is 1. The van der Waals surface area contributed by atoms with Gasteiger partial charge in [0.1, 0.15) is 17.4 Å². The fourth-order valence-corrected chi connectivity index (χ4v) is 3.54. The monoisotopic (exact) mass is 457 g/mol. The Labute approximate surface area is 183 Å². The van der Waals surface area contributed by atoms with Crippen molar-refractivity contribution in [2.45, 2.75) is 11.9 Å². The Morgan fingerprint density at radius 2 is 1.94 bits per heavy atom. The smallest absolute Gasteiger partial charge is 0.260 e. The summed E-state index contributed by atoms with van der Waals surface area (Å²) in [5, 5.41) is 5.54. The average molecular weight is 457 g/mol. The first-order valence-electron chi connectivity index (χ1n) is 9.31. The molecule has 0 atom stereocenters. The molecule has 1 aliphatic rings. The minimum Gasteiger partial charge on any atom is -0.497 e. The van der Waals surface area contributed by atoms with Gasteiger partial charge in [-0.2, -0.15) is 0 Å². The van der Waals surface area contributed by atoms with E-state index in [4.69, 9.17) is 14.2 Å². The molecule has 2 N–H and O–H groups in total. The van der Waals surface area contributed by atoms with Crippen LogP contribution in [0.15, 0.2) is 41.6 Å². The second kappa shape index (κ2) is 8.30. The third-order valence-electron chi connectivity index (χ3n) is 4.37. The number of rotatable bonds is 6. The SMILES string of the molecule is COc1cc(Nc2cc(NC(C)=O)ncc2-c2ccc3c(n2)OCO3)nc(S(C)(=O)=O)c1. The molecule has 0 aromatic carbocycles. The first-order chi connectivity index (χ1) is 15.2. The summed E-state index contributed by atoms with van der Waals surface area (Å²) in [5.74, 6) is 1.39. The maximum atomic E-state index is 12.0. The van der Waals surface area contributed by atoms with Gasteiger partial charge in [0.05, 0.1) is 18.5 Å². The van der Waals surface area contributed by atoms with Crippen LogP contribution in [0.5, 0.6) is 17.4 Å². The minimum atomic E-state index is -3.59. The zero-order valence-corrected chi connectivity index (χ0v) is 18.2. The van der Waals surface area contributed by atoms with E-state index in [1.807, 2.05) is 0 Å². The van der Waals surface area contributed by atoms with Gasteiger partial charge >= 0.3 is 0 Å². The molecule has 3 aromatic rings. The molecule has 0 saturated carbocycles. The number of pyridine rings is 3. The van der Waals surface area contributed by atoms with Crippen LogP contribution in [0.2, 0.25) is 0 Å². The summed E-state index contributed by atoms with van der Waals surface area (Å²) in [5.41, 5.74) is 1.54. The van der Waals surface area contributed by atoms with E-state index in [2.05, 4.69) is 25.6 Å². The van der Waals surface area contributed by atoms with E-state index in [1.54, 1.807) is 24.3 Å². The van der Waals surface area contributed by atoms with Gasteiger partial charge in [-0.15, -0.1) is 0 Å². The normalized spacial score (nSPS) is 12.3. The van der Waals surface area contributed by atoms with Crippen LogP contribution < -0.4 is 24.8 Å². The number of hydrogen-bond acceptors (Lipinski definition) is 10. The van der Waals surface area contributed by atoms with Crippen molar-refractivity contribution in [1.29, 1.82) is 0 Å². The third-order valence-corrected chi connectivity index (χ3v) is 5.34. The van der Waals surface area contributed by atoms with E-state index in [-0.39, 0.29) is 29.4 Å². The van der Waals surface area contributed by atoms with Crippen LogP contribution in [0.25, 0.3) is 11.3 Å². The molecule has 0 bridgehead atoms. The molecule has 166 valence electrons. The van der Waals surface area contributed by atoms with E-state index in [0.29, 0.717) is 34.3 Å². The number of carbonyl (C=O) groups excluding carboxylic acids is 1. The average Bonchev–Trinajstić information content (AvgIpc) is 3.20. The summed E-state index contributed by atoms with van der Waals surface area (Å²) < 4.78 is 39.9. The highest BCUT2D eigenvalue weighted by Gasteiger charge is 2.19. The van der Waals surface area contributed by atoms with E-state index < -0.39 is 9.84 Å². The van der Waals surface area contributed by atoms with Crippen molar-refractivity contribution >= 4 is 33.1 Å². The van der Waals surface area contributed by atoms with Gasteiger partial charge in [0.25, 0.3) is 5.88 Å². The van der Waals surface area contributed by atoms with Crippen LogP contribution in [0.4, 0.5) is 17.3 Å². The molecular weight excluding hydrogens is 438 g/mol. The number of carbonyl (C=O) groups is 1. The quantitative estimate of drug-likeness (QED) is 0.566. The van der Waals surface area contributed by atoms with Crippen LogP contribution in [0, 0.1) is 0 Å². The largest absolute Gasteiger partial charge is 0.497 e. The Morgan fingerprint density at radius 3 is 2.66 bits per heavy atom. The Morgan fingerprint density at radius 1 is 1.12 bits per heavy atom. The lowest BCUT2D eigenvalue weighted by atomic mass is 10.1.